The second kappa shape index (κ2) is 9.49. The number of fused-ring (bicyclic) bond motifs is 2. The van der Waals surface area contributed by atoms with Crippen molar-refractivity contribution in [3.63, 3.8) is 0 Å². The Morgan fingerprint density at radius 1 is 1.06 bits per heavy atom. The predicted octanol–water partition coefficient (Wildman–Crippen LogP) is 6.25. The third-order valence-electron chi connectivity index (χ3n) is 5.27. The number of nitrogens with one attached hydrogen (secondary N) is 2. The first-order valence-electron chi connectivity index (χ1n) is 10.7. The van der Waals surface area contributed by atoms with Gasteiger partial charge in [0.2, 0.25) is 0 Å². The van der Waals surface area contributed by atoms with E-state index < -0.39 is 0 Å². The lowest BCUT2D eigenvalue weighted by atomic mass is 10.0. The molecular weight excluding hydrogens is 418 g/mol. The van der Waals surface area contributed by atoms with Crippen LogP contribution in [0.4, 0.5) is 11.4 Å². The van der Waals surface area contributed by atoms with Crippen LogP contribution < -0.4 is 15.5 Å². The molecule has 1 aliphatic heterocycles. The van der Waals surface area contributed by atoms with Crippen molar-refractivity contribution < 1.29 is 9.53 Å². The molecule has 1 amide bonds. The van der Waals surface area contributed by atoms with Crippen LogP contribution in [0.25, 0.3) is 0 Å². The third kappa shape index (κ3) is 4.97. The minimum Gasteiger partial charge on any atom is -0.483 e. The predicted molar refractivity (Wildman–Crippen MR) is 131 cm³/mol. The molecule has 6 heteroatoms. The molecule has 0 aliphatic carbocycles. The molecular formula is C26H27N3O2S. The van der Waals surface area contributed by atoms with Crippen molar-refractivity contribution in [2.75, 3.05) is 11.9 Å². The van der Waals surface area contributed by atoms with Crippen LogP contribution in [0.2, 0.25) is 0 Å². The number of ether oxygens (including phenoxy) is 1. The van der Waals surface area contributed by atoms with Gasteiger partial charge in [-0.3, -0.25) is 4.79 Å². The van der Waals surface area contributed by atoms with Gasteiger partial charge in [0.15, 0.2) is 6.61 Å². The smallest absolute Gasteiger partial charge is 0.277 e. The lowest BCUT2D eigenvalue weighted by Gasteiger charge is -2.21. The van der Waals surface area contributed by atoms with E-state index in [1.54, 1.807) is 11.8 Å². The quantitative estimate of drug-likeness (QED) is 0.272. The van der Waals surface area contributed by atoms with Gasteiger partial charge in [0.25, 0.3) is 5.91 Å². The summed E-state index contributed by atoms with van der Waals surface area (Å²) in [6.45, 7) is 8.02. The van der Waals surface area contributed by atoms with E-state index in [1.165, 1.54) is 4.90 Å². The zero-order chi connectivity index (χ0) is 22.7. The number of aryl methyl sites for hydroxylation is 1. The summed E-state index contributed by atoms with van der Waals surface area (Å²) in [4.78, 5) is 14.7. The number of hydrazone groups is 1. The molecule has 5 nitrogen and oxygen atoms in total. The highest BCUT2D eigenvalue weighted by molar-refractivity contribution is 7.99. The molecule has 0 aromatic heterocycles. The molecule has 0 saturated carbocycles. The van der Waals surface area contributed by atoms with Gasteiger partial charge in [-0.25, -0.2) is 5.43 Å². The second-order valence-electron chi connectivity index (χ2n) is 8.15. The van der Waals surface area contributed by atoms with Crippen LogP contribution in [0, 0.1) is 6.92 Å². The number of hydrogen-bond donors (Lipinski definition) is 2. The van der Waals surface area contributed by atoms with Crippen LogP contribution in [0.3, 0.4) is 0 Å². The molecule has 2 N–H and O–H groups in total. The Hall–Kier alpha value is -3.25. The number of benzene rings is 3. The number of para-hydroxylation sites is 1. The molecule has 0 spiro atoms. The first-order chi connectivity index (χ1) is 15.4. The Labute approximate surface area is 193 Å². The Kier molecular flexibility index (Phi) is 6.51. The van der Waals surface area contributed by atoms with Crippen molar-refractivity contribution in [2.24, 2.45) is 5.10 Å². The Bertz CT molecular complexity index is 1190. The third-order valence-corrected chi connectivity index (χ3v) is 6.42. The van der Waals surface area contributed by atoms with Crippen molar-refractivity contribution >= 4 is 34.8 Å². The van der Waals surface area contributed by atoms with Gasteiger partial charge in [-0.15, -0.1) is 0 Å². The number of amides is 1. The summed E-state index contributed by atoms with van der Waals surface area (Å²) in [5.74, 6) is 0.771. The van der Waals surface area contributed by atoms with Crippen LogP contribution in [-0.2, 0) is 4.79 Å². The van der Waals surface area contributed by atoms with Crippen molar-refractivity contribution in [1.82, 2.24) is 5.43 Å². The standard InChI is InChI=1S/C26H27N3O2S/c1-16(2)20-11-9-17(3)13-23(20)31-15-26(30)29-28-18(4)19-10-12-25-22(14-19)27-21-7-5-6-8-24(21)32-25/h5-14,16,27H,15H2,1-4H3,(H,29,30)/b28-18-. The van der Waals surface area contributed by atoms with Gasteiger partial charge in [-0.2, -0.15) is 5.10 Å². The van der Waals surface area contributed by atoms with Crippen molar-refractivity contribution in [3.8, 4) is 5.75 Å². The zero-order valence-electron chi connectivity index (χ0n) is 18.7. The van der Waals surface area contributed by atoms with E-state index in [4.69, 9.17) is 4.74 Å². The number of anilines is 2. The van der Waals surface area contributed by atoms with E-state index in [1.807, 2.05) is 38.1 Å². The summed E-state index contributed by atoms with van der Waals surface area (Å²) >= 11 is 1.74. The first kappa shape index (κ1) is 22.0. The van der Waals surface area contributed by atoms with E-state index in [9.17, 15) is 4.79 Å². The van der Waals surface area contributed by atoms with Gasteiger partial charge in [-0.1, -0.05) is 55.9 Å². The van der Waals surface area contributed by atoms with Gasteiger partial charge in [0.05, 0.1) is 17.1 Å². The highest BCUT2D eigenvalue weighted by Crippen LogP contribution is 2.44. The zero-order valence-corrected chi connectivity index (χ0v) is 19.5. The maximum absolute atomic E-state index is 12.3. The monoisotopic (exact) mass is 445 g/mol. The molecule has 1 heterocycles. The van der Waals surface area contributed by atoms with Crippen molar-refractivity contribution in [3.05, 3.63) is 77.4 Å². The first-order valence-corrected chi connectivity index (χ1v) is 11.5. The number of rotatable bonds is 6. The van der Waals surface area contributed by atoms with Crippen LogP contribution in [0.5, 0.6) is 5.75 Å². The van der Waals surface area contributed by atoms with Crippen LogP contribution in [0.1, 0.15) is 43.4 Å². The van der Waals surface area contributed by atoms with Crippen LogP contribution in [0.15, 0.2) is 75.6 Å². The molecule has 0 bridgehead atoms. The molecule has 0 unspecified atom stereocenters. The lowest BCUT2D eigenvalue weighted by molar-refractivity contribution is -0.123. The minimum atomic E-state index is -0.291. The van der Waals surface area contributed by atoms with Crippen LogP contribution >= 0.6 is 11.8 Å². The fourth-order valence-electron chi connectivity index (χ4n) is 3.49. The summed E-state index contributed by atoms with van der Waals surface area (Å²) in [7, 11) is 0. The lowest BCUT2D eigenvalue weighted by Crippen LogP contribution is -2.26. The summed E-state index contributed by atoms with van der Waals surface area (Å²) < 4.78 is 5.79. The summed E-state index contributed by atoms with van der Waals surface area (Å²) in [6, 6.07) is 20.5. The van der Waals surface area contributed by atoms with Crippen LogP contribution in [-0.4, -0.2) is 18.2 Å². The summed E-state index contributed by atoms with van der Waals surface area (Å²) in [5, 5.41) is 7.75. The normalized spacial score (nSPS) is 12.6. The summed E-state index contributed by atoms with van der Waals surface area (Å²) in [6.07, 6.45) is 0. The molecule has 1 aliphatic rings. The maximum atomic E-state index is 12.3. The maximum Gasteiger partial charge on any atom is 0.277 e. The second-order valence-corrected chi connectivity index (χ2v) is 9.23. The van der Waals surface area contributed by atoms with Gasteiger partial charge < -0.3 is 10.1 Å². The van der Waals surface area contributed by atoms with E-state index in [-0.39, 0.29) is 12.5 Å². The molecule has 3 aromatic rings. The largest absolute Gasteiger partial charge is 0.483 e. The molecule has 4 rings (SSSR count). The van der Waals surface area contributed by atoms with Crippen molar-refractivity contribution in [1.29, 1.82) is 0 Å². The van der Waals surface area contributed by atoms with E-state index in [0.717, 1.165) is 44.4 Å². The fourth-order valence-corrected chi connectivity index (χ4v) is 4.46. The molecule has 0 radical (unpaired) electrons. The molecule has 0 atom stereocenters. The Morgan fingerprint density at radius 2 is 1.84 bits per heavy atom. The minimum absolute atomic E-state index is 0.0842. The molecule has 0 fully saturated rings. The Balaban J connectivity index is 1.39. The van der Waals surface area contributed by atoms with Crippen molar-refractivity contribution in [2.45, 2.75) is 43.4 Å². The summed E-state index contributed by atoms with van der Waals surface area (Å²) in [5.41, 5.74) is 8.60. The van der Waals surface area contributed by atoms with Gasteiger partial charge in [-0.05, 0) is 66.8 Å². The molecule has 3 aromatic carbocycles. The average molecular weight is 446 g/mol. The Morgan fingerprint density at radius 3 is 2.66 bits per heavy atom. The highest BCUT2D eigenvalue weighted by atomic mass is 32.2. The molecule has 164 valence electrons. The SMILES string of the molecule is C/C(=N/NC(=O)COc1cc(C)ccc1C(C)C)c1ccc2c(c1)Nc1ccccc1S2. The van der Waals surface area contributed by atoms with Gasteiger partial charge in [0.1, 0.15) is 5.75 Å². The number of nitrogens with zero attached hydrogens (tertiary/aromatic N) is 1. The highest BCUT2D eigenvalue weighted by Gasteiger charge is 2.16. The number of carbonyl (C=O) groups excluding carboxylic acids is 1. The van der Waals surface area contributed by atoms with E-state index in [2.05, 4.69) is 66.1 Å². The number of hydrogen-bond acceptors (Lipinski definition) is 5. The van der Waals surface area contributed by atoms with Gasteiger partial charge >= 0.3 is 0 Å². The topological polar surface area (TPSA) is 62.7 Å². The average Bonchev–Trinajstić information content (AvgIpc) is 2.79. The van der Waals surface area contributed by atoms with E-state index >= 15 is 0 Å². The molecule has 0 saturated heterocycles. The van der Waals surface area contributed by atoms with E-state index in [0.29, 0.717) is 5.92 Å². The molecule has 32 heavy (non-hydrogen) atoms. The fraction of sp³-hybridized carbons (Fsp3) is 0.231. The number of carbonyl (C=O) groups is 1. The van der Waals surface area contributed by atoms with Gasteiger partial charge in [0, 0.05) is 9.79 Å².